The molecule has 1 unspecified atom stereocenters. The predicted octanol–water partition coefficient (Wildman–Crippen LogP) is 6.08. The van der Waals surface area contributed by atoms with Gasteiger partial charge in [-0.25, -0.2) is 4.98 Å². The summed E-state index contributed by atoms with van der Waals surface area (Å²) in [4.78, 5) is 22.6. The molecule has 0 spiro atoms. The molecular weight excluding hydrogens is 542 g/mol. The van der Waals surface area contributed by atoms with Crippen LogP contribution in [0.1, 0.15) is 95.2 Å². The number of benzene rings is 2. The van der Waals surface area contributed by atoms with Crippen molar-refractivity contribution in [2.45, 2.75) is 90.6 Å². The topological polar surface area (TPSA) is 108 Å². The second-order valence-corrected chi connectivity index (χ2v) is 13.1. The van der Waals surface area contributed by atoms with Crippen LogP contribution in [0.5, 0.6) is 17.4 Å². The number of aromatic nitrogens is 2. The Hall–Kier alpha value is -3.40. The highest BCUT2D eigenvalue weighted by molar-refractivity contribution is 7.87. The Morgan fingerprint density at radius 3 is 2.10 bits per heavy atom. The lowest BCUT2D eigenvalue weighted by Crippen LogP contribution is -2.28. The van der Waals surface area contributed by atoms with E-state index in [4.69, 9.17) is 13.7 Å². The molecule has 10 heteroatoms. The lowest BCUT2D eigenvalue weighted by atomic mass is 9.89. The molecule has 0 bridgehead atoms. The molecule has 1 amide bonds. The van der Waals surface area contributed by atoms with Gasteiger partial charge in [0.15, 0.2) is 11.5 Å². The second-order valence-electron chi connectivity index (χ2n) is 11.6. The molecule has 41 heavy (non-hydrogen) atoms. The van der Waals surface area contributed by atoms with Gasteiger partial charge in [-0.2, -0.15) is 13.4 Å². The number of nitrogens with zero attached hydrogens (tertiary/aromatic N) is 3. The van der Waals surface area contributed by atoms with Crippen LogP contribution in [0.4, 0.5) is 0 Å². The zero-order valence-electron chi connectivity index (χ0n) is 25.4. The minimum absolute atomic E-state index is 0.00527. The zero-order chi connectivity index (χ0) is 30.2. The van der Waals surface area contributed by atoms with E-state index in [-0.39, 0.29) is 40.5 Å². The summed E-state index contributed by atoms with van der Waals surface area (Å²) in [5.41, 5.74) is 2.99. The van der Waals surface area contributed by atoms with Crippen LogP contribution in [0, 0.1) is 6.92 Å². The van der Waals surface area contributed by atoms with Gasteiger partial charge in [0.2, 0.25) is 11.8 Å². The van der Waals surface area contributed by atoms with E-state index in [1.165, 1.54) is 14.0 Å². The molecule has 9 nitrogen and oxygen atoms in total. The SMILES string of the molecule is COc1cc2nc(C)nc(OS(=O)(=O)c3c(C(C)C)cc(C(C)C)cc3C(C)C)c2cc1OC1CCN(C(C)=O)C1. The summed E-state index contributed by atoms with van der Waals surface area (Å²) < 4.78 is 45.9. The summed E-state index contributed by atoms with van der Waals surface area (Å²) in [6, 6.07) is 7.30. The van der Waals surface area contributed by atoms with Gasteiger partial charge in [0.1, 0.15) is 16.8 Å². The van der Waals surface area contributed by atoms with E-state index in [9.17, 15) is 13.2 Å². The Bertz CT molecular complexity index is 1540. The lowest BCUT2D eigenvalue weighted by molar-refractivity contribution is -0.128. The highest BCUT2D eigenvalue weighted by Gasteiger charge is 2.31. The minimum Gasteiger partial charge on any atom is -0.493 e. The van der Waals surface area contributed by atoms with Crippen molar-refractivity contribution in [1.82, 2.24) is 14.9 Å². The van der Waals surface area contributed by atoms with Crippen molar-refractivity contribution in [3.63, 3.8) is 0 Å². The summed E-state index contributed by atoms with van der Waals surface area (Å²) in [6.07, 6.45) is 0.442. The Kier molecular flexibility index (Phi) is 8.82. The maximum atomic E-state index is 14.1. The number of methoxy groups -OCH3 is 1. The third-order valence-corrected chi connectivity index (χ3v) is 8.81. The van der Waals surface area contributed by atoms with Crippen molar-refractivity contribution >= 4 is 26.9 Å². The van der Waals surface area contributed by atoms with Crippen molar-refractivity contribution < 1.29 is 26.9 Å². The normalized spacial score (nSPS) is 15.8. The minimum atomic E-state index is -4.29. The van der Waals surface area contributed by atoms with Crippen LogP contribution < -0.4 is 13.7 Å². The van der Waals surface area contributed by atoms with Gasteiger partial charge >= 0.3 is 10.1 Å². The third kappa shape index (κ3) is 6.42. The van der Waals surface area contributed by atoms with Crippen molar-refractivity contribution in [3.8, 4) is 17.4 Å². The van der Waals surface area contributed by atoms with Crippen molar-refractivity contribution in [2.24, 2.45) is 0 Å². The van der Waals surface area contributed by atoms with Crippen LogP contribution in [0.2, 0.25) is 0 Å². The molecule has 0 radical (unpaired) electrons. The molecule has 3 aromatic rings. The van der Waals surface area contributed by atoms with Crippen LogP contribution in [0.15, 0.2) is 29.2 Å². The molecule has 1 aliphatic rings. The van der Waals surface area contributed by atoms with Crippen molar-refractivity contribution in [2.75, 3.05) is 20.2 Å². The fourth-order valence-electron chi connectivity index (χ4n) is 5.15. The summed E-state index contributed by atoms with van der Waals surface area (Å²) in [5.74, 6) is 1.27. The van der Waals surface area contributed by atoms with Gasteiger partial charge in [-0.1, -0.05) is 53.7 Å². The van der Waals surface area contributed by atoms with Crippen LogP contribution in [0.25, 0.3) is 10.9 Å². The van der Waals surface area contributed by atoms with Crippen LogP contribution in [0.3, 0.4) is 0 Å². The molecule has 222 valence electrons. The quantitative estimate of drug-likeness (QED) is 0.279. The van der Waals surface area contributed by atoms with Crippen LogP contribution in [-0.2, 0) is 14.9 Å². The van der Waals surface area contributed by atoms with E-state index in [1.807, 2.05) is 39.8 Å². The first kappa shape index (κ1) is 30.6. The molecule has 0 saturated carbocycles. The molecule has 0 N–H and O–H groups in total. The van der Waals surface area contributed by atoms with Gasteiger partial charge in [0.05, 0.1) is 24.6 Å². The fraction of sp³-hybridized carbons (Fsp3) is 0.516. The number of carbonyl (C=O) groups excluding carboxylic acids is 1. The molecule has 2 heterocycles. The Balaban J connectivity index is 1.83. The zero-order valence-corrected chi connectivity index (χ0v) is 26.3. The van der Waals surface area contributed by atoms with Crippen LogP contribution >= 0.6 is 0 Å². The first-order chi connectivity index (χ1) is 19.2. The first-order valence-electron chi connectivity index (χ1n) is 14.1. The molecule has 2 aromatic carbocycles. The van der Waals surface area contributed by atoms with E-state index in [0.717, 1.165) is 16.7 Å². The van der Waals surface area contributed by atoms with Gasteiger partial charge < -0.3 is 18.6 Å². The monoisotopic (exact) mass is 583 g/mol. The Morgan fingerprint density at radius 2 is 1.59 bits per heavy atom. The van der Waals surface area contributed by atoms with Gasteiger partial charge in [-0.05, 0) is 47.4 Å². The average Bonchev–Trinajstić information content (AvgIpc) is 3.36. The lowest BCUT2D eigenvalue weighted by Gasteiger charge is -2.22. The number of carbonyl (C=O) groups is 1. The van der Waals surface area contributed by atoms with Gasteiger partial charge in [-0.15, -0.1) is 0 Å². The molecule has 1 fully saturated rings. The van der Waals surface area contributed by atoms with E-state index < -0.39 is 10.1 Å². The fourth-order valence-corrected chi connectivity index (χ4v) is 6.73. The molecule has 1 aromatic heterocycles. The smallest absolute Gasteiger partial charge is 0.341 e. The molecule has 0 aliphatic carbocycles. The number of ether oxygens (including phenoxy) is 2. The van der Waals surface area contributed by atoms with E-state index in [1.54, 1.807) is 24.0 Å². The number of fused-ring (bicyclic) bond motifs is 1. The Morgan fingerprint density at radius 1 is 0.951 bits per heavy atom. The van der Waals surface area contributed by atoms with E-state index in [0.29, 0.717) is 47.7 Å². The van der Waals surface area contributed by atoms with Crippen molar-refractivity contribution in [3.05, 3.63) is 46.8 Å². The number of hydrogen-bond donors (Lipinski definition) is 0. The second kappa shape index (κ2) is 11.8. The summed E-state index contributed by atoms with van der Waals surface area (Å²) >= 11 is 0. The van der Waals surface area contributed by atoms with Crippen LogP contribution in [-0.4, -0.2) is 55.5 Å². The molecule has 1 atom stereocenters. The van der Waals surface area contributed by atoms with E-state index in [2.05, 4.69) is 23.8 Å². The number of hydrogen-bond acceptors (Lipinski definition) is 8. The number of likely N-dealkylation sites (tertiary alicyclic amines) is 1. The van der Waals surface area contributed by atoms with Gasteiger partial charge in [0.25, 0.3) is 0 Å². The largest absolute Gasteiger partial charge is 0.493 e. The molecule has 1 saturated heterocycles. The predicted molar refractivity (Wildman–Crippen MR) is 159 cm³/mol. The molecule has 1 aliphatic heterocycles. The highest BCUT2D eigenvalue weighted by atomic mass is 32.2. The first-order valence-corrected chi connectivity index (χ1v) is 15.5. The maximum Gasteiger partial charge on any atom is 0.341 e. The third-order valence-electron chi connectivity index (χ3n) is 7.46. The van der Waals surface area contributed by atoms with Crippen molar-refractivity contribution in [1.29, 1.82) is 0 Å². The maximum absolute atomic E-state index is 14.1. The summed E-state index contributed by atoms with van der Waals surface area (Å²) in [6.45, 7) is 16.4. The molecular formula is C31H41N3O6S. The Labute approximate surface area is 243 Å². The summed E-state index contributed by atoms with van der Waals surface area (Å²) in [5, 5.41) is 0.382. The number of aryl methyl sites for hydroxylation is 1. The summed E-state index contributed by atoms with van der Waals surface area (Å²) in [7, 11) is -2.76. The molecule has 4 rings (SSSR count). The van der Waals surface area contributed by atoms with E-state index >= 15 is 0 Å². The van der Waals surface area contributed by atoms with Gasteiger partial charge in [0, 0.05) is 26.0 Å². The average molecular weight is 584 g/mol. The standard InChI is InChI=1S/C31H41N3O6S/c1-17(2)22-12-24(18(3)4)30(25(13-22)19(5)6)41(36,37)40-31-26-14-29(39-23-10-11-34(16-23)21(8)35)28(38-9)15-27(26)32-20(7)33-31/h12-15,17-19,23H,10-11,16H2,1-9H3. The highest BCUT2D eigenvalue weighted by Crippen LogP contribution is 2.40. The van der Waals surface area contributed by atoms with Gasteiger partial charge in [-0.3, -0.25) is 4.79 Å². The number of rotatable bonds is 9. The number of amides is 1.